The van der Waals surface area contributed by atoms with Crippen LogP contribution in [0.25, 0.3) is 0 Å². The van der Waals surface area contributed by atoms with Gasteiger partial charge in [-0.3, -0.25) is 4.79 Å². The van der Waals surface area contributed by atoms with Crippen molar-refractivity contribution in [3.05, 3.63) is 12.7 Å². The van der Waals surface area contributed by atoms with Gasteiger partial charge in [0.25, 0.3) is 0 Å². The molecule has 1 rings (SSSR count). The first kappa shape index (κ1) is 11.2. The van der Waals surface area contributed by atoms with E-state index in [4.69, 9.17) is 5.11 Å². The van der Waals surface area contributed by atoms with Gasteiger partial charge >= 0.3 is 5.97 Å². The predicted octanol–water partition coefficient (Wildman–Crippen LogP) is 1.75. The van der Waals surface area contributed by atoms with Crippen LogP contribution in [0, 0.1) is 5.92 Å². The molecule has 0 bridgehead atoms. The molecule has 0 aliphatic carbocycles. The first-order chi connectivity index (χ1) is 6.65. The molecule has 1 N–H and O–H groups in total. The minimum atomic E-state index is -0.639. The molecule has 1 aliphatic rings. The third kappa shape index (κ3) is 2.84. The van der Waals surface area contributed by atoms with Gasteiger partial charge in [0.15, 0.2) is 0 Å². The number of nitrogens with zero attached hydrogens (tertiary/aromatic N) is 1. The molecule has 1 heterocycles. The van der Waals surface area contributed by atoms with E-state index >= 15 is 0 Å². The van der Waals surface area contributed by atoms with Crippen molar-refractivity contribution in [3.63, 3.8) is 0 Å². The summed E-state index contributed by atoms with van der Waals surface area (Å²) in [6, 6.07) is 0.393. The predicted molar refractivity (Wildman–Crippen MR) is 56.2 cm³/mol. The van der Waals surface area contributed by atoms with Crippen molar-refractivity contribution >= 4 is 5.97 Å². The van der Waals surface area contributed by atoms with Gasteiger partial charge in [-0.05, 0) is 32.7 Å². The van der Waals surface area contributed by atoms with Crippen LogP contribution in [0.3, 0.4) is 0 Å². The van der Waals surface area contributed by atoms with Crippen molar-refractivity contribution in [1.82, 2.24) is 4.90 Å². The van der Waals surface area contributed by atoms with Gasteiger partial charge < -0.3 is 10.0 Å². The summed E-state index contributed by atoms with van der Waals surface area (Å²) in [6.45, 7) is 7.72. The SMILES string of the molecule is C=CCCN1CCC(C(=O)O)CC1C. The second-order valence-corrected chi connectivity index (χ2v) is 4.02. The van der Waals surface area contributed by atoms with Crippen LogP contribution in [-0.2, 0) is 4.79 Å². The van der Waals surface area contributed by atoms with Gasteiger partial charge in [0.1, 0.15) is 0 Å². The lowest BCUT2D eigenvalue weighted by Gasteiger charge is -2.35. The fraction of sp³-hybridized carbons (Fsp3) is 0.727. The van der Waals surface area contributed by atoms with Crippen LogP contribution in [0.15, 0.2) is 12.7 Å². The van der Waals surface area contributed by atoms with Crippen LogP contribution in [-0.4, -0.2) is 35.1 Å². The number of aliphatic carboxylic acids is 1. The quantitative estimate of drug-likeness (QED) is 0.698. The fourth-order valence-electron chi connectivity index (χ4n) is 2.03. The van der Waals surface area contributed by atoms with Crippen molar-refractivity contribution < 1.29 is 9.90 Å². The maximum absolute atomic E-state index is 10.8. The van der Waals surface area contributed by atoms with E-state index in [0.29, 0.717) is 6.04 Å². The fourth-order valence-corrected chi connectivity index (χ4v) is 2.03. The lowest BCUT2D eigenvalue weighted by atomic mass is 9.91. The Hall–Kier alpha value is -0.830. The van der Waals surface area contributed by atoms with Gasteiger partial charge in [-0.1, -0.05) is 6.08 Å². The van der Waals surface area contributed by atoms with E-state index in [1.807, 2.05) is 6.08 Å². The largest absolute Gasteiger partial charge is 0.481 e. The molecule has 1 aliphatic heterocycles. The standard InChI is InChI=1S/C11H19NO2/c1-3-4-6-12-7-5-10(11(13)14)8-9(12)2/h3,9-10H,1,4-8H2,2H3,(H,13,14). The minimum Gasteiger partial charge on any atom is -0.481 e. The molecule has 0 radical (unpaired) electrons. The molecular formula is C11H19NO2. The Morgan fingerprint density at radius 3 is 2.93 bits per heavy atom. The average molecular weight is 197 g/mol. The number of carboxylic acid groups (broad SMARTS) is 1. The topological polar surface area (TPSA) is 40.5 Å². The van der Waals surface area contributed by atoms with E-state index in [2.05, 4.69) is 18.4 Å². The summed E-state index contributed by atoms with van der Waals surface area (Å²) in [7, 11) is 0. The van der Waals surface area contributed by atoms with Crippen LogP contribution in [0.4, 0.5) is 0 Å². The molecule has 3 nitrogen and oxygen atoms in total. The molecule has 1 saturated heterocycles. The van der Waals surface area contributed by atoms with Crippen LogP contribution in [0.2, 0.25) is 0 Å². The minimum absolute atomic E-state index is 0.134. The monoisotopic (exact) mass is 197 g/mol. The molecule has 0 spiro atoms. The zero-order valence-electron chi connectivity index (χ0n) is 8.78. The molecule has 0 aromatic rings. The molecule has 0 aromatic heterocycles. The van der Waals surface area contributed by atoms with Crippen LogP contribution >= 0.6 is 0 Å². The Bertz CT molecular complexity index is 215. The van der Waals surface area contributed by atoms with E-state index < -0.39 is 5.97 Å². The smallest absolute Gasteiger partial charge is 0.306 e. The number of piperidine rings is 1. The summed E-state index contributed by atoms with van der Waals surface area (Å²) in [5.41, 5.74) is 0. The van der Waals surface area contributed by atoms with Gasteiger partial charge in [0, 0.05) is 12.6 Å². The summed E-state index contributed by atoms with van der Waals surface area (Å²) < 4.78 is 0. The normalized spacial score (nSPS) is 28.6. The van der Waals surface area contributed by atoms with Crippen LogP contribution in [0.5, 0.6) is 0 Å². The Kier molecular flexibility index (Phi) is 4.14. The summed E-state index contributed by atoms with van der Waals surface area (Å²) in [4.78, 5) is 13.1. The lowest BCUT2D eigenvalue weighted by Crippen LogP contribution is -2.42. The van der Waals surface area contributed by atoms with Gasteiger partial charge in [-0.2, -0.15) is 0 Å². The Morgan fingerprint density at radius 2 is 2.43 bits per heavy atom. The number of hydrogen-bond donors (Lipinski definition) is 1. The molecule has 0 aromatic carbocycles. The van der Waals surface area contributed by atoms with Gasteiger partial charge in [-0.25, -0.2) is 0 Å². The molecule has 14 heavy (non-hydrogen) atoms. The molecule has 0 amide bonds. The first-order valence-corrected chi connectivity index (χ1v) is 5.23. The highest BCUT2D eigenvalue weighted by molar-refractivity contribution is 5.70. The number of hydrogen-bond acceptors (Lipinski definition) is 2. The highest BCUT2D eigenvalue weighted by Crippen LogP contribution is 2.22. The molecule has 0 saturated carbocycles. The molecule has 1 fully saturated rings. The van der Waals surface area contributed by atoms with E-state index in [1.165, 1.54) is 0 Å². The summed E-state index contributed by atoms with van der Waals surface area (Å²) in [5.74, 6) is -0.773. The summed E-state index contributed by atoms with van der Waals surface area (Å²) in [6.07, 6.45) is 4.47. The first-order valence-electron chi connectivity index (χ1n) is 5.23. The second kappa shape index (κ2) is 5.15. The maximum Gasteiger partial charge on any atom is 0.306 e. The van der Waals surface area contributed by atoms with Crippen LogP contribution < -0.4 is 0 Å². The lowest BCUT2D eigenvalue weighted by molar-refractivity contribution is -0.144. The molecule has 2 atom stereocenters. The van der Waals surface area contributed by atoms with Crippen molar-refractivity contribution in [2.45, 2.75) is 32.2 Å². The van der Waals surface area contributed by atoms with Gasteiger partial charge in [-0.15, -0.1) is 6.58 Å². The van der Waals surface area contributed by atoms with Crippen molar-refractivity contribution in [2.75, 3.05) is 13.1 Å². The molecule has 80 valence electrons. The van der Waals surface area contributed by atoms with Crippen molar-refractivity contribution in [2.24, 2.45) is 5.92 Å². The Balaban J connectivity index is 2.39. The van der Waals surface area contributed by atoms with E-state index in [9.17, 15) is 4.79 Å². The van der Waals surface area contributed by atoms with Crippen molar-refractivity contribution in [1.29, 1.82) is 0 Å². The number of rotatable bonds is 4. The van der Waals surface area contributed by atoms with Gasteiger partial charge in [0.05, 0.1) is 5.92 Å². The molecular weight excluding hydrogens is 178 g/mol. The third-order valence-corrected chi connectivity index (χ3v) is 2.98. The second-order valence-electron chi connectivity index (χ2n) is 4.02. The van der Waals surface area contributed by atoms with Crippen LogP contribution in [0.1, 0.15) is 26.2 Å². The summed E-state index contributed by atoms with van der Waals surface area (Å²) in [5, 5.41) is 8.88. The Morgan fingerprint density at radius 1 is 1.71 bits per heavy atom. The average Bonchev–Trinajstić information content (AvgIpc) is 2.15. The highest BCUT2D eigenvalue weighted by Gasteiger charge is 2.28. The van der Waals surface area contributed by atoms with E-state index in [-0.39, 0.29) is 5.92 Å². The summed E-state index contributed by atoms with van der Waals surface area (Å²) >= 11 is 0. The van der Waals surface area contributed by atoms with E-state index in [0.717, 1.165) is 32.4 Å². The third-order valence-electron chi connectivity index (χ3n) is 2.98. The zero-order chi connectivity index (χ0) is 10.6. The maximum atomic E-state index is 10.8. The highest BCUT2D eigenvalue weighted by atomic mass is 16.4. The zero-order valence-corrected chi connectivity index (χ0v) is 8.78. The Labute approximate surface area is 85.4 Å². The van der Waals surface area contributed by atoms with Crippen molar-refractivity contribution in [3.8, 4) is 0 Å². The van der Waals surface area contributed by atoms with E-state index in [1.54, 1.807) is 0 Å². The number of carboxylic acids is 1. The number of likely N-dealkylation sites (tertiary alicyclic amines) is 1. The number of carbonyl (C=O) groups is 1. The van der Waals surface area contributed by atoms with Gasteiger partial charge in [0.2, 0.25) is 0 Å². The molecule has 2 unspecified atom stereocenters. The molecule has 3 heteroatoms.